The van der Waals surface area contributed by atoms with Crippen molar-refractivity contribution < 1.29 is 14.3 Å². The number of hydrogen-bond acceptors (Lipinski definition) is 3. The molecule has 2 aromatic carbocycles. The topological polar surface area (TPSA) is 49.3 Å². The number of carbonyl (C=O) groups excluding carboxylic acids is 1. The normalized spacial score (nSPS) is 21.4. The van der Waals surface area contributed by atoms with Crippen molar-refractivity contribution in [2.45, 2.75) is 23.2 Å². The molecule has 2 atom stereocenters. The molecule has 2 aromatic rings. The Balaban J connectivity index is 2.03. The van der Waals surface area contributed by atoms with Gasteiger partial charge in [-0.2, -0.15) is 0 Å². The van der Waals surface area contributed by atoms with Crippen molar-refractivity contribution in [3.8, 4) is 0 Å². The minimum Gasteiger partial charge on any atom is -0.382 e. The predicted octanol–water partition coefficient (Wildman–Crippen LogP) is 3.28. The quantitative estimate of drug-likeness (QED) is 0.850. The number of aryl methyl sites for hydroxylation is 1. The minimum absolute atomic E-state index is 0.366. The highest BCUT2D eigenvalue weighted by Gasteiger charge is 2.32. The zero-order chi connectivity index (χ0) is 15.0. The Morgan fingerprint density at radius 1 is 1.19 bits per heavy atom. The summed E-state index contributed by atoms with van der Waals surface area (Å²) in [5.74, 6) is -0.840. The molecule has 0 radical (unpaired) electrons. The van der Waals surface area contributed by atoms with Gasteiger partial charge in [-0.3, -0.25) is 4.79 Å². The first-order valence-electron chi connectivity index (χ1n) is 6.56. The molecule has 2 unspecified atom stereocenters. The van der Waals surface area contributed by atoms with Gasteiger partial charge in [-0.25, -0.2) is 4.39 Å². The van der Waals surface area contributed by atoms with E-state index in [1.165, 1.54) is 30.0 Å². The third-order valence-corrected chi connectivity index (χ3v) is 4.79. The van der Waals surface area contributed by atoms with E-state index in [1.807, 2.05) is 31.2 Å². The number of halogens is 1. The summed E-state index contributed by atoms with van der Waals surface area (Å²) in [6, 6.07) is 11.8. The first-order valence-corrected chi connectivity index (χ1v) is 7.44. The maximum absolute atomic E-state index is 13.4. The van der Waals surface area contributed by atoms with Gasteiger partial charge in [0.05, 0.1) is 10.9 Å². The van der Waals surface area contributed by atoms with Crippen molar-refractivity contribution in [1.29, 1.82) is 0 Å². The van der Waals surface area contributed by atoms with Crippen LogP contribution >= 0.6 is 11.8 Å². The van der Waals surface area contributed by atoms with Crippen molar-refractivity contribution in [2.24, 2.45) is 0 Å². The number of anilines is 1. The number of thioether (sulfide) groups is 1. The standard InChI is InChI=1S/C16H14FNO2S/c1-9-2-4-10(5-3-9)15-14(19)16(20)18-12-7-6-11(17)8-13(12)21-15/h2-8,14-15,19H,1H3,(H,18,20). The van der Waals surface area contributed by atoms with Gasteiger partial charge >= 0.3 is 0 Å². The molecule has 108 valence electrons. The Morgan fingerprint density at radius 2 is 1.90 bits per heavy atom. The third kappa shape index (κ3) is 2.80. The van der Waals surface area contributed by atoms with E-state index in [0.717, 1.165) is 11.1 Å². The van der Waals surface area contributed by atoms with Crippen molar-refractivity contribution in [3.63, 3.8) is 0 Å². The van der Waals surface area contributed by atoms with Crippen LogP contribution in [0.2, 0.25) is 0 Å². The number of aliphatic hydroxyl groups is 1. The van der Waals surface area contributed by atoms with Crippen LogP contribution in [0.4, 0.5) is 10.1 Å². The van der Waals surface area contributed by atoms with Gasteiger partial charge in [-0.05, 0) is 30.7 Å². The van der Waals surface area contributed by atoms with Gasteiger partial charge in [0.15, 0.2) is 0 Å². The first-order chi connectivity index (χ1) is 10.0. The van der Waals surface area contributed by atoms with E-state index >= 15 is 0 Å². The summed E-state index contributed by atoms with van der Waals surface area (Å²) in [5.41, 5.74) is 2.47. The maximum Gasteiger partial charge on any atom is 0.254 e. The molecular weight excluding hydrogens is 289 g/mol. The lowest BCUT2D eigenvalue weighted by atomic mass is 10.1. The number of fused-ring (bicyclic) bond motifs is 1. The highest BCUT2D eigenvalue weighted by molar-refractivity contribution is 7.99. The van der Waals surface area contributed by atoms with Crippen LogP contribution in [0.5, 0.6) is 0 Å². The van der Waals surface area contributed by atoms with Gasteiger partial charge in [0.1, 0.15) is 11.9 Å². The van der Waals surface area contributed by atoms with Gasteiger partial charge in [-0.15, -0.1) is 11.8 Å². The third-order valence-electron chi connectivity index (χ3n) is 3.42. The van der Waals surface area contributed by atoms with Gasteiger partial charge in [0.2, 0.25) is 0 Å². The fraction of sp³-hybridized carbons (Fsp3) is 0.188. The molecule has 5 heteroatoms. The molecule has 0 fully saturated rings. The zero-order valence-corrected chi connectivity index (χ0v) is 12.2. The molecule has 1 aliphatic heterocycles. The lowest BCUT2D eigenvalue weighted by Crippen LogP contribution is -2.30. The lowest BCUT2D eigenvalue weighted by molar-refractivity contribution is -0.124. The van der Waals surface area contributed by atoms with E-state index in [2.05, 4.69) is 5.32 Å². The highest BCUT2D eigenvalue weighted by atomic mass is 32.2. The highest BCUT2D eigenvalue weighted by Crippen LogP contribution is 2.43. The second kappa shape index (κ2) is 5.50. The lowest BCUT2D eigenvalue weighted by Gasteiger charge is -2.19. The molecule has 1 heterocycles. The smallest absolute Gasteiger partial charge is 0.254 e. The number of hydrogen-bond donors (Lipinski definition) is 2. The van der Waals surface area contributed by atoms with E-state index in [-0.39, 0.29) is 5.82 Å². The van der Waals surface area contributed by atoms with Crippen LogP contribution < -0.4 is 5.32 Å². The number of benzene rings is 2. The van der Waals surface area contributed by atoms with Crippen LogP contribution in [-0.2, 0) is 4.79 Å². The van der Waals surface area contributed by atoms with Crippen molar-refractivity contribution >= 4 is 23.4 Å². The van der Waals surface area contributed by atoms with Crippen molar-refractivity contribution in [2.75, 3.05) is 5.32 Å². The number of carbonyl (C=O) groups is 1. The average Bonchev–Trinajstić information content (AvgIpc) is 2.58. The average molecular weight is 303 g/mol. The summed E-state index contributed by atoms with van der Waals surface area (Å²) >= 11 is 1.29. The summed E-state index contributed by atoms with van der Waals surface area (Å²) < 4.78 is 13.4. The van der Waals surface area contributed by atoms with Crippen LogP contribution in [0.25, 0.3) is 0 Å². The van der Waals surface area contributed by atoms with E-state index in [0.29, 0.717) is 10.6 Å². The molecule has 21 heavy (non-hydrogen) atoms. The first kappa shape index (κ1) is 14.1. The van der Waals surface area contributed by atoms with Crippen LogP contribution in [0.1, 0.15) is 16.4 Å². The summed E-state index contributed by atoms with van der Waals surface area (Å²) in [4.78, 5) is 12.7. The van der Waals surface area contributed by atoms with E-state index in [1.54, 1.807) is 0 Å². The summed E-state index contributed by atoms with van der Waals surface area (Å²) in [6.07, 6.45) is -1.19. The molecule has 0 aromatic heterocycles. The SMILES string of the molecule is Cc1ccc(C2Sc3cc(F)ccc3NC(=O)C2O)cc1. The van der Waals surface area contributed by atoms with Gasteiger partial charge in [0, 0.05) is 4.90 Å². The van der Waals surface area contributed by atoms with Crippen LogP contribution in [0.15, 0.2) is 47.4 Å². The molecule has 0 bridgehead atoms. The zero-order valence-electron chi connectivity index (χ0n) is 11.3. The van der Waals surface area contributed by atoms with Gasteiger partial charge < -0.3 is 10.4 Å². The fourth-order valence-electron chi connectivity index (χ4n) is 2.25. The predicted molar refractivity (Wildman–Crippen MR) is 80.8 cm³/mol. The fourth-order valence-corrected chi connectivity index (χ4v) is 3.49. The van der Waals surface area contributed by atoms with Crippen LogP contribution in [-0.4, -0.2) is 17.1 Å². The van der Waals surface area contributed by atoms with Crippen LogP contribution in [0.3, 0.4) is 0 Å². The molecule has 1 aliphatic rings. The molecule has 2 N–H and O–H groups in total. The molecular formula is C16H14FNO2S. The Labute approximate surface area is 126 Å². The second-order valence-electron chi connectivity index (χ2n) is 5.02. The Morgan fingerprint density at radius 3 is 2.62 bits per heavy atom. The Kier molecular flexibility index (Phi) is 3.69. The molecule has 0 saturated heterocycles. The summed E-state index contributed by atoms with van der Waals surface area (Å²) in [7, 11) is 0. The van der Waals surface area contributed by atoms with E-state index < -0.39 is 17.3 Å². The van der Waals surface area contributed by atoms with Gasteiger partial charge in [0.25, 0.3) is 5.91 Å². The number of aliphatic hydroxyl groups excluding tert-OH is 1. The number of nitrogens with one attached hydrogen (secondary N) is 1. The van der Waals surface area contributed by atoms with Crippen molar-refractivity contribution in [3.05, 3.63) is 59.4 Å². The minimum atomic E-state index is -1.19. The second-order valence-corrected chi connectivity index (χ2v) is 6.21. The summed E-state index contributed by atoms with van der Waals surface area (Å²) in [6.45, 7) is 1.97. The van der Waals surface area contributed by atoms with Crippen molar-refractivity contribution in [1.82, 2.24) is 0 Å². The monoisotopic (exact) mass is 303 g/mol. The molecule has 1 amide bonds. The molecule has 0 saturated carbocycles. The summed E-state index contributed by atoms with van der Waals surface area (Å²) in [5, 5.41) is 12.4. The Bertz CT molecular complexity index is 687. The molecule has 3 rings (SSSR count). The number of rotatable bonds is 1. The van der Waals surface area contributed by atoms with Gasteiger partial charge in [-0.1, -0.05) is 29.8 Å². The molecule has 0 spiro atoms. The van der Waals surface area contributed by atoms with Crippen LogP contribution in [0, 0.1) is 12.7 Å². The molecule has 3 nitrogen and oxygen atoms in total. The largest absolute Gasteiger partial charge is 0.382 e. The van der Waals surface area contributed by atoms with E-state index in [4.69, 9.17) is 0 Å². The molecule has 0 aliphatic carbocycles. The van der Waals surface area contributed by atoms with E-state index in [9.17, 15) is 14.3 Å². The maximum atomic E-state index is 13.4. The Hall–Kier alpha value is -1.85. The number of amides is 1.